The number of nitrogens with zero attached hydrogens (tertiary/aromatic N) is 1. The smallest absolute Gasteiger partial charge is 0.269 e. The quantitative estimate of drug-likeness (QED) is 0.469. The van der Waals surface area contributed by atoms with Crippen LogP contribution >= 0.6 is 0 Å². The molecular weight excluding hydrogens is 334 g/mol. The highest BCUT2D eigenvalue weighted by atomic mass is 32.2. The van der Waals surface area contributed by atoms with E-state index in [1.54, 1.807) is 12.3 Å². The van der Waals surface area contributed by atoms with E-state index < -0.39 is 16.7 Å². The normalized spacial score (nSPS) is 12.3. The van der Waals surface area contributed by atoms with Crippen molar-refractivity contribution in [3.63, 3.8) is 0 Å². The molecule has 2 aromatic carbocycles. The Morgan fingerprint density at radius 2 is 1.80 bits per heavy atom. The van der Waals surface area contributed by atoms with Gasteiger partial charge in [0.2, 0.25) is 0 Å². The predicted molar refractivity (Wildman–Crippen MR) is 101 cm³/mol. The van der Waals surface area contributed by atoms with Gasteiger partial charge in [0.25, 0.3) is 5.91 Å². The number of aryl methyl sites for hydroxylation is 2. The number of carbonyl (C=O) groups is 1. The molecule has 5 heteroatoms. The van der Waals surface area contributed by atoms with Crippen molar-refractivity contribution < 1.29 is 14.2 Å². The highest BCUT2D eigenvalue weighted by molar-refractivity contribution is 7.84. The van der Waals surface area contributed by atoms with Gasteiger partial charge in [-0.15, -0.1) is 0 Å². The van der Waals surface area contributed by atoms with E-state index in [-0.39, 0.29) is 0 Å². The van der Waals surface area contributed by atoms with Gasteiger partial charge in [0.15, 0.2) is 0 Å². The number of likely N-dealkylation sites (N-methyl/N-ethyl adjacent to an activating group) is 1. The van der Waals surface area contributed by atoms with Gasteiger partial charge in [-0.1, -0.05) is 42.5 Å². The summed E-state index contributed by atoms with van der Waals surface area (Å²) in [5.74, 6) is -0.528. The zero-order valence-electron chi connectivity index (χ0n) is 14.5. The summed E-state index contributed by atoms with van der Waals surface area (Å²) < 4.78 is 12.0. The maximum Gasteiger partial charge on any atom is 0.269 e. The summed E-state index contributed by atoms with van der Waals surface area (Å²) in [6, 6.07) is 16.1. The molecule has 132 valence electrons. The maximum atomic E-state index is 12.0. The van der Waals surface area contributed by atoms with E-state index in [1.807, 2.05) is 36.4 Å². The lowest BCUT2D eigenvalue weighted by Crippen LogP contribution is -2.19. The van der Waals surface area contributed by atoms with Crippen LogP contribution in [0.5, 0.6) is 0 Å². The molecule has 0 aliphatic carbocycles. The topological polar surface area (TPSA) is 57.6 Å². The standard InChI is InChI=1S/C20H23NO3S/c1-21(23)20(22)14-13-18-12-11-17(15-19(18)25(2)24)10-6-9-16-7-4-3-5-8-16/h3-5,7-8,11-15,23H,6,9-10H2,1-2H3/b14-13+. The van der Waals surface area contributed by atoms with Crippen LogP contribution in [-0.4, -0.2) is 33.7 Å². The van der Waals surface area contributed by atoms with Crippen LogP contribution < -0.4 is 0 Å². The Hall–Kier alpha value is -2.24. The first kappa shape index (κ1) is 19.1. The highest BCUT2D eigenvalue weighted by Crippen LogP contribution is 2.19. The van der Waals surface area contributed by atoms with Crippen molar-refractivity contribution in [1.29, 1.82) is 0 Å². The number of amides is 1. The Bertz CT molecular complexity index is 770. The fourth-order valence-corrected chi connectivity index (χ4v) is 3.32. The van der Waals surface area contributed by atoms with Gasteiger partial charge in [-0.25, -0.2) is 5.06 Å². The first-order valence-electron chi connectivity index (χ1n) is 8.12. The summed E-state index contributed by atoms with van der Waals surface area (Å²) in [4.78, 5) is 12.1. The Kier molecular flexibility index (Phi) is 7.10. The van der Waals surface area contributed by atoms with Gasteiger partial charge in [0, 0.05) is 24.3 Å². The Morgan fingerprint density at radius 1 is 1.12 bits per heavy atom. The molecular formula is C20H23NO3S. The van der Waals surface area contributed by atoms with E-state index in [0.29, 0.717) is 9.96 Å². The zero-order chi connectivity index (χ0) is 18.2. The lowest BCUT2D eigenvalue weighted by atomic mass is 10.0. The lowest BCUT2D eigenvalue weighted by molar-refractivity contribution is -0.153. The van der Waals surface area contributed by atoms with E-state index in [0.717, 1.165) is 30.4 Å². The zero-order valence-corrected chi connectivity index (χ0v) is 15.3. The largest absolute Gasteiger partial charge is 0.286 e. The van der Waals surface area contributed by atoms with Crippen LogP contribution in [0.2, 0.25) is 0 Å². The molecule has 0 bridgehead atoms. The van der Waals surface area contributed by atoms with Crippen LogP contribution in [0.3, 0.4) is 0 Å². The number of hydrogen-bond acceptors (Lipinski definition) is 3. The van der Waals surface area contributed by atoms with Gasteiger partial charge in [0.1, 0.15) is 0 Å². The molecule has 0 radical (unpaired) electrons. The van der Waals surface area contributed by atoms with Crippen molar-refractivity contribution in [2.24, 2.45) is 0 Å². The molecule has 1 unspecified atom stereocenters. The van der Waals surface area contributed by atoms with Crippen LogP contribution in [0.1, 0.15) is 23.1 Å². The third-order valence-corrected chi connectivity index (χ3v) is 4.86. The maximum absolute atomic E-state index is 12.0. The summed E-state index contributed by atoms with van der Waals surface area (Å²) in [6.07, 6.45) is 7.40. The molecule has 4 nitrogen and oxygen atoms in total. The monoisotopic (exact) mass is 357 g/mol. The number of rotatable bonds is 7. The van der Waals surface area contributed by atoms with Crippen molar-refractivity contribution in [2.75, 3.05) is 13.3 Å². The second-order valence-corrected chi connectivity index (χ2v) is 7.21. The summed E-state index contributed by atoms with van der Waals surface area (Å²) in [7, 11) is 0.109. The van der Waals surface area contributed by atoms with Crippen molar-refractivity contribution in [3.8, 4) is 0 Å². The van der Waals surface area contributed by atoms with Gasteiger partial charge in [-0.05, 0) is 48.1 Å². The van der Waals surface area contributed by atoms with Crippen molar-refractivity contribution >= 4 is 22.8 Å². The van der Waals surface area contributed by atoms with E-state index in [9.17, 15) is 9.00 Å². The fourth-order valence-electron chi connectivity index (χ4n) is 2.53. The average Bonchev–Trinajstić information content (AvgIpc) is 2.60. The van der Waals surface area contributed by atoms with E-state index in [1.165, 1.54) is 18.7 Å². The van der Waals surface area contributed by atoms with Crippen molar-refractivity contribution in [1.82, 2.24) is 5.06 Å². The lowest BCUT2D eigenvalue weighted by Gasteiger charge is -2.08. The molecule has 25 heavy (non-hydrogen) atoms. The minimum atomic E-state index is -1.16. The van der Waals surface area contributed by atoms with Gasteiger partial charge in [-0.2, -0.15) is 0 Å². The van der Waals surface area contributed by atoms with Crippen LogP contribution in [-0.2, 0) is 28.4 Å². The van der Waals surface area contributed by atoms with E-state index in [4.69, 9.17) is 5.21 Å². The SMILES string of the molecule is CN(O)C(=O)/C=C/c1ccc(CCCc2ccccc2)cc1S(C)=O. The number of hydroxylamine groups is 2. The van der Waals surface area contributed by atoms with Crippen LogP contribution in [0.15, 0.2) is 59.5 Å². The molecule has 0 aromatic heterocycles. The number of hydrogen-bond donors (Lipinski definition) is 1. The molecule has 1 atom stereocenters. The molecule has 0 saturated heterocycles. The summed E-state index contributed by atoms with van der Waals surface area (Å²) in [5.41, 5.74) is 3.17. The van der Waals surface area contributed by atoms with Gasteiger partial charge < -0.3 is 0 Å². The Morgan fingerprint density at radius 3 is 2.44 bits per heavy atom. The first-order valence-corrected chi connectivity index (χ1v) is 9.68. The molecule has 0 fully saturated rings. The second kappa shape index (κ2) is 9.30. The minimum Gasteiger partial charge on any atom is -0.286 e. The number of carbonyl (C=O) groups excluding carboxylic acids is 1. The highest BCUT2D eigenvalue weighted by Gasteiger charge is 2.07. The molecule has 2 aromatic rings. The molecule has 0 heterocycles. The molecule has 0 spiro atoms. The third-order valence-electron chi connectivity index (χ3n) is 3.89. The molecule has 1 amide bonds. The second-order valence-electron chi connectivity index (χ2n) is 5.86. The average molecular weight is 357 g/mol. The van der Waals surface area contributed by atoms with Crippen molar-refractivity contribution in [3.05, 3.63) is 71.3 Å². The Balaban J connectivity index is 2.07. The van der Waals surface area contributed by atoms with Gasteiger partial charge in [0.05, 0.1) is 10.8 Å². The Labute approximate surface area is 151 Å². The van der Waals surface area contributed by atoms with Gasteiger partial charge >= 0.3 is 0 Å². The van der Waals surface area contributed by atoms with Crippen LogP contribution in [0.25, 0.3) is 6.08 Å². The minimum absolute atomic E-state index is 0.511. The first-order chi connectivity index (χ1) is 12.0. The molecule has 0 saturated carbocycles. The van der Waals surface area contributed by atoms with Crippen LogP contribution in [0.4, 0.5) is 0 Å². The molecule has 0 aliphatic rings. The summed E-state index contributed by atoms with van der Waals surface area (Å²) in [6.45, 7) is 0. The molecule has 2 rings (SSSR count). The summed E-state index contributed by atoms with van der Waals surface area (Å²) >= 11 is 0. The van der Waals surface area contributed by atoms with Gasteiger partial charge in [-0.3, -0.25) is 14.2 Å². The summed E-state index contributed by atoms with van der Waals surface area (Å²) in [5, 5.41) is 9.60. The van der Waals surface area contributed by atoms with E-state index >= 15 is 0 Å². The third kappa shape index (κ3) is 5.96. The molecule has 0 aliphatic heterocycles. The van der Waals surface area contributed by atoms with Crippen molar-refractivity contribution in [2.45, 2.75) is 24.2 Å². The van der Waals surface area contributed by atoms with Crippen LogP contribution in [0, 0.1) is 0 Å². The number of benzene rings is 2. The van der Waals surface area contributed by atoms with E-state index in [2.05, 4.69) is 12.1 Å². The molecule has 1 N–H and O–H groups in total. The predicted octanol–water partition coefficient (Wildman–Crippen LogP) is 3.46. The fraction of sp³-hybridized carbons (Fsp3) is 0.250.